The summed E-state index contributed by atoms with van der Waals surface area (Å²) in [4.78, 5) is 13.8. The third-order valence-corrected chi connectivity index (χ3v) is 4.04. The van der Waals surface area contributed by atoms with Gasteiger partial charge in [-0.3, -0.25) is 4.79 Å². The molecule has 5 nitrogen and oxygen atoms in total. The molecule has 1 heterocycles. The lowest BCUT2D eigenvalue weighted by atomic mass is 9.92. The second-order valence-corrected chi connectivity index (χ2v) is 6.19. The average Bonchev–Trinajstić information content (AvgIpc) is 2.64. The van der Waals surface area contributed by atoms with Gasteiger partial charge in [-0.25, -0.2) is 0 Å². The number of aliphatic hydroxyl groups excluding tert-OH is 1. The molecule has 2 atom stereocenters. The Bertz CT molecular complexity index is 643. The lowest BCUT2D eigenvalue weighted by Crippen LogP contribution is -2.32. The highest BCUT2D eigenvalue weighted by molar-refractivity contribution is 5.91. The third-order valence-electron chi connectivity index (χ3n) is 4.04. The number of benzene rings is 1. The normalized spacial score (nSPS) is 19.5. The van der Waals surface area contributed by atoms with Gasteiger partial charge in [0, 0.05) is 38.6 Å². The van der Waals surface area contributed by atoms with E-state index in [2.05, 4.69) is 5.92 Å². The summed E-state index contributed by atoms with van der Waals surface area (Å²) in [5.41, 5.74) is 1.89. The van der Waals surface area contributed by atoms with Crippen LogP contribution < -0.4 is 0 Å². The molecule has 25 heavy (non-hydrogen) atoms. The number of hydrogen-bond donors (Lipinski definition) is 1. The Kier molecular flexibility index (Phi) is 7.05. The van der Waals surface area contributed by atoms with Crippen molar-refractivity contribution in [1.82, 2.24) is 4.90 Å². The number of hydrogen-bond acceptors (Lipinski definition) is 4. The smallest absolute Gasteiger partial charge is 0.288 e. The standard InChI is InChI=1S/C20H25NO4/c1-4-15-7-9-16(10-8-15)17-13-18(20(23)21(2)3)25-19(14-17)24-12-6-5-11-22/h1,7-10,13,17,19,22H,5-6,11-12,14H2,2-3H3/t17-,19+/m0/s1. The Balaban J connectivity index is 2.15. The maximum absolute atomic E-state index is 12.3. The van der Waals surface area contributed by atoms with E-state index in [1.165, 1.54) is 4.90 Å². The van der Waals surface area contributed by atoms with Crippen LogP contribution in [-0.4, -0.2) is 49.5 Å². The summed E-state index contributed by atoms with van der Waals surface area (Å²) in [5.74, 6) is 2.73. The fraction of sp³-hybridized carbons (Fsp3) is 0.450. The van der Waals surface area contributed by atoms with Crippen LogP contribution in [0.15, 0.2) is 36.1 Å². The predicted molar refractivity (Wildman–Crippen MR) is 95.7 cm³/mol. The Hall–Kier alpha value is -2.29. The molecule has 0 saturated heterocycles. The molecule has 0 unspecified atom stereocenters. The van der Waals surface area contributed by atoms with Gasteiger partial charge >= 0.3 is 0 Å². The molecule has 1 aromatic carbocycles. The second-order valence-electron chi connectivity index (χ2n) is 6.19. The van der Waals surface area contributed by atoms with Crippen molar-refractivity contribution in [3.05, 3.63) is 47.2 Å². The van der Waals surface area contributed by atoms with E-state index in [-0.39, 0.29) is 18.4 Å². The maximum Gasteiger partial charge on any atom is 0.288 e. The van der Waals surface area contributed by atoms with Gasteiger partial charge in [-0.2, -0.15) is 0 Å². The number of amides is 1. The van der Waals surface area contributed by atoms with Crippen molar-refractivity contribution >= 4 is 5.91 Å². The van der Waals surface area contributed by atoms with Gasteiger partial charge in [0.15, 0.2) is 5.76 Å². The highest BCUT2D eigenvalue weighted by Gasteiger charge is 2.29. The molecule has 2 rings (SSSR count). The lowest BCUT2D eigenvalue weighted by molar-refractivity contribution is -0.151. The minimum Gasteiger partial charge on any atom is -0.459 e. The van der Waals surface area contributed by atoms with Gasteiger partial charge in [-0.05, 0) is 36.6 Å². The number of carbonyl (C=O) groups excluding carboxylic acids is 1. The molecule has 0 aromatic heterocycles. The number of terminal acetylenes is 1. The van der Waals surface area contributed by atoms with E-state index < -0.39 is 6.29 Å². The monoisotopic (exact) mass is 343 g/mol. The van der Waals surface area contributed by atoms with E-state index in [1.54, 1.807) is 14.1 Å². The van der Waals surface area contributed by atoms with Gasteiger partial charge in [-0.1, -0.05) is 18.1 Å². The summed E-state index contributed by atoms with van der Waals surface area (Å²) in [5, 5.41) is 8.85. The minimum absolute atomic E-state index is 0.0160. The summed E-state index contributed by atoms with van der Waals surface area (Å²) in [6.45, 7) is 0.626. The molecule has 1 aliphatic rings. The SMILES string of the molecule is C#Cc1ccc([C@H]2C=C(C(=O)N(C)C)O[C@@H](OCCCCO)C2)cc1. The van der Waals surface area contributed by atoms with Crippen LogP contribution in [0.4, 0.5) is 0 Å². The van der Waals surface area contributed by atoms with Crippen molar-refractivity contribution < 1.29 is 19.4 Å². The summed E-state index contributed by atoms with van der Waals surface area (Å²) >= 11 is 0. The van der Waals surface area contributed by atoms with Crippen molar-refractivity contribution in [2.45, 2.75) is 31.5 Å². The van der Waals surface area contributed by atoms with Gasteiger partial charge in [0.05, 0.1) is 6.61 Å². The Labute approximate surface area is 149 Å². The maximum atomic E-state index is 12.3. The quantitative estimate of drug-likeness (QED) is 0.609. The molecule has 0 spiro atoms. The molecule has 1 aliphatic heterocycles. The van der Waals surface area contributed by atoms with E-state index >= 15 is 0 Å². The molecule has 0 aliphatic carbocycles. The first-order valence-electron chi connectivity index (χ1n) is 8.44. The number of nitrogens with zero attached hydrogens (tertiary/aromatic N) is 1. The molecule has 5 heteroatoms. The lowest BCUT2D eigenvalue weighted by Gasteiger charge is -2.30. The molecule has 1 aromatic rings. The Morgan fingerprint density at radius 2 is 2.08 bits per heavy atom. The van der Waals surface area contributed by atoms with Crippen molar-refractivity contribution in [2.24, 2.45) is 0 Å². The molecule has 0 radical (unpaired) electrons. The Morgan fingerprint density at radius 1 is 1.36 bits per heavy atom. The topological polar surface area (TPSA) is 59.0 Å². The summed E-state index contributed by atoms with van der Waals surface area (Å²) in [6.07, 6.45) is 8.82. The molecule has 1 N–H and O–H groups in total. The number of carbonyl (C=O) groups is 1. The molecular formula is C20H25NO4. The van der Waals surface area contributed by atoms with Crippen LogP contribution in [0.5, 0.6) is 0 Å². The third kappa shape index (κ3) is 5.35. The summed E-state index contributed by atoms with van der Waals surface area (Å²) < 4.78 is 11.5. The van der Waals surface area contributed by atoms with E-state index in [0.717, 1.165) is 17.5 Å². The van der Waals surface area contributed by atoms with Gasteiger partial charge < -0.3 is 19.5 Å². The van der Waals surface area contributed by atoms with Crippen LogP contribution in [0, 0.1) is 12.3 Å². The van der Waals surface area contributed by atoms with E-state index in [4.69, 9.17) is 21.0 Å². The molecule has 0 saturated carbocycles. The number of aliphatic hydroxyl groups is 1. The zero-order chi connectivity index (χ0) is 18.2. The second kappa shape index (κ2) is 9.26. The van der Waals surface area contributed by atoms with Crippen LogP contribution in [0.1, 0.15) is 36.3 Å². The summed E-state index contributed by atoms with van der Waals surface area (Å²) in [7, 11) is 3.38. The molecular weight excluding hydrogens is 318 g/mol. The number of unbranched alkanes of at least 4 members (excludes halogenated alkanes) is 1. The van der Waals surface area contributed by atoms with E-state index in [1.807, 2.05) is 30.3 Å². The van der Waals surface area contributed by atoms with Gasteiger partial charge in [0.2, 0.25) is 6.29 Å². The fourth-order valence-electron chi connectivity index (χ4n) is 2.62. The van der Waals surface area contributed by atoms with Gasteiger partial charge in [-0.15, -0.1) is 6.42 Å². The first kappa shape index (κ1) is 19.0. The highest BCUT2D eigenvalue weighted by atomic mass is 16.7. The molecule has 0 fully saturated rings. The zero-order valence-electron chi connectivity index (χ0n) is 14.8. The molecule has 1 amide bonds. The van der Waals surface area contributed by atoms with Crippen molar-refractivity contribution in [2.75, 3.05) is 27.3 Å². The van der Waals surface area contributed by atoms with Crippen molar-refractivity contribution in [3.63, 3.8) is 0 Å². The molecule has 0 bridgehead atoms. The zero-order valence-corrected chi connectivity index (χ0v) is 14.8. The van der Waals surface area contributed by atoms with E-state index in [0.29, 0.717) is 25.2 Å². The van der Waals surface area contributed by atoms with Crippen LogP contribution in [-0.2, 0) is 14.3 Å². The largest absolute Gasteiger partial charge is 0.459 e. The fourth-order valence-corrected chi connectivity index (χ4v) is 2.62. The van der Waals surface area contributed by atoms with Gasteiger partial charge in [0.1, 0.15) is 0 Å². The predicted octanol–water partition coefficient (Wildman–Crippen LogP) is 2.26. The summed E-state index contributed by atoms with van der Waals surface area (Å²) in [6, 6.07) is 7.73. The average molecular weight is 343 g/mol. The van der Waals surface area contributed by atoms with Crippen LogP contribution in [0.2, 0.25) is 0 Å². The first-order chi connectivity index (χ1) is 12.0. The van der Waals surface area contributed by atoms with Crippen LogP contribution in [0.3, 0.4) is 0 Å². The molecule has 134 valence electrons. The highest BCUT2D eigenvalue weighted by Crippen LogP contribution is 2.32. The minimum atomic E-state index is -0.486. The van der Waals surface area contributed by atoms with Crippen LogP contribution >= 0.6 is 0 Å². The Morgan fingerprint density at radius 3 is 2.68 bits per heavy atom. The van der Waals surface area contributed by atoms with E-state index in [9.17, 15) is 4.79 Å². The van der Waals surface area contributed by atoms with Crippen LogP contribution in [0.25, 0.3) is 0 Å². The number of rotatable bonds is 7. The van der Waals surface area contributed by atoms with Gasteiger partial charge in [0.25, 0.3) is 5.91 Å². The number of ether oxygens (including phenoxy) is 2. The van der Waals surface area contributed by atoms with Crippen molar-refractivity contribution in [3.8, 4) is 12.3 Å². The number of allylic oxidation sites excluding steroid dienone is 1. The van der Waals surface area contributed by atoms with Crippen molar-refractivity contribution in [1.29, 1.82) is 0 Å². The first-order valence-corrected chi connectivity index (χ1v) is 8.44. The number of likely N-dealkylation sites (N-methyl/N-ethyl adjacent to an activating group) is 1.